The second kappa shape index (κ2) is 7.63. The summed E-state index contributed by atoms with van der Waals surface area (Å²) in [6.07, 6.45) is 0. The van der Waals surface area contributed by atoms with Crippen molar-refractivity contribution in [3.05, 3.63) is 40.8 Å². The van der Waals surface area contributed by atoms with E-state index in [-0.39, 0.29) is 12.4 Å². The van der Waals surface area contributed by atoms with Crippen LogP contribution in [0.4, 0.5) is 11.5 Å². The zero-order valence-electron chi connectivity index (χ0n) is 15.7. The van der Waals surface area contributed by atoms with Crippen LogP contribution in [0.3, 0.4) is 0 Å². The minimum Gasteiger partial charge on any atom is -0.460 e. The van der Waals surface area contributed by atoms with Gasteiger partial charge < -0.3 is 19.1 Å². The fourth-order valence-corrected chi connectivity index (χ4v) is 3.52. The molecule has 1 aliphatic heterocycles. The Labute approximate surface area is 167 Å². The third-order valence-corrected chi connectivity index (χ3v) is 4.93. The molecule has 1 aromatic carbocycles. The highest BCUT2D eigenvalue weighted by Crippen LogP contribution is 2.29. The van der Waals surface area contributed by atoms with Crippen LogP contribution in [0.25, 0.3) is 11.1 Å². The van der Waals surface area contributed by atoms with Crippen molar-refractivity contribution in [3.63, 3.8) is 0 Å². The number of anilines is 2. The normalized spacial score (nSPS) is 14.5. The number of benzene rings is 1. The van der Waals surface area contributed by atoms with E-state index in [1.807, 2.05) is 31.2 Å². The average molecular weight is 402 g/mol. The van der Waals surface area contributed by atoms with Crippen LogP contribution in [-0.4, -0.2) is 53.9 Å². The van der Waals surface area contributed by atoms with E-state index < -0.39 is 5.97 Å². The molecule has 1 fully saturated rings. The molecule has 28 heavy (non-hydrogen) atoms. The number of carbonyl (C=O) groups excluding carboxylic acids is 1. The van der Waals surface area contributed by atoms with Gasteiger partial charge in [0.25, 0.3) is 5.71 Å². The number of rotatable bonds is 4. The lowest BCUT2D eigenvalue weighted by Crippen LogP contribution is -2.47. The van der Waals surface area contributed by atoms with E-state index >= 15 is 0 Å². The maximum atomic E-state index is 12.2. The number of ether oxygens (including phenoxy) is 1. The monoisotopic (exact) mass is 401 g/mol. The summed E-state index contributed by atoms with van der Waals surface area (Å²) in [6.45, 7) is 6.88. The minimum absolute atomic E-state index is 0.0160. The van der Waals surface area contributed by atoms with Crippen molar-refractivity contribution in [1.29, 1.82) is 0 Å². The molecular weight excluding hydrogens is 382 g/mol. The van der Waals surface area contributed by atoms with Gasteiger partial charge in [0.1, 0.15) is 11.2 Å². The summed E-state index contributed by atoms with van der Waals surface area (Å²) in [5.74, 6) is 0.0626. The Morgan fingerprint density at radius 1 is 1.21 bits per heavy atom. The van der Waals surface area contributed by atoms with Gasteiger partial charge in [0.05, 0.1) is 12.3 Å². The molecule has 1 aliphatic rings. The SMILES string of the molecule is CCOC(=O)c1nc(N2CCN(c3cccc(Cl)c3)CC2)c2c(C)noc2n1. The number of esters is 1. The maximum absolute atomic E-state index is 12.2. The van der Waals surface area contributed by atoms with Crippen molar-refractivity contribution in [1.82, 2.24) is 15.1 Å². The van der Waals surface area contributed by atoms with Gasteiger partial charge in [-0.25, -0.2) is 9.78 Å². The summed E-state index contributed by atoms with van der Waals surface area (Å²) in [5, 5.41) is 5.43. The van der Waals surface area contributed by atoms with Crippen molar-refractivity contribution in [2.24, 2.45) is 0 Å². The molecule has 4 rings (SSSR count). The van der Waals surface area contributed by atoms with Gasteiger partial charge in [-0.1, -0.05) is 22.8 Å². The van der Waals surface area contributed by atoms with Crippen LogP contribution in [0.1, 0.15) is 23.2 Å². The molecule has 0 amide bonds. The highest BCUT2D eigenvalue weighted by molar-refractivity contribution is 6.30. The molecule has 8 nitrogen and oxygen atoms in total. The predicted octanol–water partition coefficient (Wildman–Crippen LogP) is 3.08. The number of hydrogen-bond acceptors (Lipinski definition) is 8. The van der Waals surface area contributed by atoms with Crippen molar-refractivity contribution in [3.8, 4) is 0 Å². The van der Waals surface area contributed by atoms with Crippen molar-refractivity contribution in [2.75, 3.05) is 42.6 Å². The van der Waals surface area contributed by atoms with E-state index in [1.165, 1.54) is 0 Å². The minimum atomic E-state index is -0.572. The molecule has 3 heterocycles. The number of halogens is 1. The highest BCUT2D eigenvalue weighted by atomic mass is 35.5. The van der Waals surface area contributed by atoms with Crippen molar-refractivity contribution in [2.45, 2.75) is 13.8 Å². The summed E-state index contributed by atoms with van der Waals surface area (Å²) in [7, 11) is 0. The van der Waals surface area contributed by atoms with E-state index in [2.05, 4.69) is 24.9 Å². The Kier molecular flexibility index (Phi) is 5.04. The fourth-order valence-electron chi connectivity index (χ4n) is 3.33. The number of aryl methyl sites for hydroxylation is 1. The second-order valence-corrected chi connectivity index (χ2v) is 6.93. The van der Waals surface area contributed by atoms with Crippen molar-refractivity contribution >= 4 is 40.2 Å². The lowest BCUT2D eigenvalue weighted by Gasteiger charge is -2.37. The number of carbonyl (C=O) groups is 1. The maximum Gasteiger partial charge on any atom is 0.376 e. The Bertz CT molecular complexity index is 1010. The Balaban J connectivity index is 1.62. The molecule has 1 saturated heterocycles. The van der Waals surface area contributed by atoms with E-state index in [9.17, 15) is 4.79 Å². The first-order valence-corrected chi connectivity index (χ1v) is 9.51. The van der Waals surface area contributed by atoms with Crippen LogP contribution in [0, 0.1) is 6.92 Å². The average Bonchev–Trinajstić information content (AvgIpc) is 3.09. The van der Waals surface area contributed by atoms with Gasteiger partial charge in [-0.15, -0.1) is 0 Å². The molecule has 0 N–H and O–H groups in total. The van der Waals surface area contributed by atoms with Gasteiger partial charge >= 0.3 is 5.97 Å². The molecular formula is C19H20ClN5O3. The van der Waals surface area contributed by atoms with Gasteiger partial charge in [0.2, 0.25) is 5.82 Å². The van der Waals surface area contributed by atoms with Gasteiger partial charge in [0.15, 0.2) is 0 Å². The van der Waals surface area contributed by atoms with Crippen LogP contribution in [-0.2, 0) is 4.74 Å². The predicted molar refractivity (Wildman–Crippen MR) is 106 cm³/mol. The first-order valence-electron chi connectivity index (χ1n) is 9.13. The molecule has 146 valence electrons. The van der Waals surface area contributed by atoms with Crippen LogP contribution >= 0.6 is 11.6 Å². The zero-order chi connectivity index (χ0) is 19.7. The second-order valence-electron chi connectivity index (χ2n) is 6.49. The van der Waals surface area contributed by atoms with E-state index in [4.69, 9.17) is 20.9 Å². The third kappa shape index (κ3) is 3.47. The molecule has 9 heteroatoms. The standard InChI is InChI=1S/C19H20ClN5O3/c1-3-27-19(26)16-21-17(15-12(2)23-28-18(15)22-16)25-9-7-24(8-10-25)14-6-4-5-13(20)11-14/h4-6,11H,3,7-10H2,1-2H3. The van der Waals surface area contributed by atoms with Gasteiger partial charge in [0, 0.05) is 36.9 Å². The number of nitrogens with zero attached hydrogens (tertiary/aromatic N) is 5. The molecule has 0 aliphatic carbocycles. The van der Waals surface area contributed by atoms with Crippen molar-refractivity contribution < 1.29 is 14.1 Å². The van der Waals surface area contributed by atoms with E-state index in [0.29, 0.717) is 17.2 Å². The molecule has 0 bridgehead atoms. The molecule has 0 radical (unpaired) electrons. The molecule has 3 aromatic rings. The first-order chi connectivity index (χ1) is 13.6. The number of piperazine rings is 1. The number of aromatic nitrogens is 3. The third-order valence-electron chi connectivity index (χ3n) is 4.70. The smallest absolute Gasteiger partial charge is 0.376 e. The summed E-state index contributed by atoms with van der Waals surface area (Å²) < 4.78 is 10.3. The quantitative estimate of drug-likeness (QED) is 0.616. The zero-order valence-corrected chi connectivity index (χ0v) is 16.4. The van der Waals surface area contributed by atoms with Crippen LogP contribution in [0.2, 0.25) is 5.02 Å². The summed E-state index contributed by atoms with van der Waals surface area (Å²) in [5.41, 5.74) is 2.08. The highest BCUT2D eigenvalue weighted by Gasteiger charge is 2.26. The largest absolute Gasteiger partial charge is 0.460 e. The van der Waals surface area contributed by atoms with E-state index in [0.717, 1.165) is 42.3 Å². The van der Waals surface area contributed by atoms with Crippen LogP contribution in [0.5, 0.6) is 0 Å². The molecule has 0 saturated carbocycles. The summed E-state index contributed by atoms with van der Waals surface area (Å²) >= 11 is 6.12. The fraction of sp³-hybridized carbons (Fsp3) is 0.368. The lowest BCUT2D eigenvalue weighted by atomic mass is 10.2. The first kappa shape index (κ1) is 18.5. The Hall–Kier alpha value is -2.87. The molecule has 0 atom stereocenters. The van der Waals surface area contributed by atoms with Crippen LogP contribution < -0.4 is 9.80 Å². The number of hydrogen-bond donors (Lipinski definition) is 0. The Morgan fingerprint density at radius 3 is 2.68 bits per heavy atom. The lowest BCUT2D eigenvalue weighted by molar-refractivity contribution is 0.0512. The molecule has 0 spiro atoms. The molecule has 0 unspecified atom stereocenters. The van der Waals surface area contributed by atoms with Gasteiger partial charge in [-0.2, -0.15) is 4.98 Å². The molecule has 2 aromatic heterocycles. The summed E-state index contributed by atoms with van der Waals surface area (Å²) in [4.78, 5) is 25.2. The topological polar surface area (TPSA) is 84.6 Å². The van der Waals surface area contributed by atoms with E-state index in [1.54, 1.807) is 6.92 Å². The van der Waals surface area contributed by atoms with Crippen LogP contribution in [0.15, 0.2) is 28.8 Å². The Morgan fingerprint density at radius 2 is 1.96 bits per heavy atom. The summed E-state index contributed by atoms with van der Waals surface area (Å²) in [6, 6.07) is 7.82. The number of fused-ring (bicyclic) bond motifs is 1. The van der Waals surface area contributed by atoms with Gasteiger partial charge in [-0.3, -0.25) is 0 Å². The van der Waals surface area contributed by atoms with Gasteiger partial charge in [-0.05, 0) is 32.0 Å².